The normalized spacial score (nSPS) is 14.2. The topological polar surface area (TPSA) is 90.7 Å². The van der Waals surface area contributed by atoms with E-state index in [1.54, 1.807) is 36.5 Å². The van der Waals surface area contributed by atoms with Crippen LogP contribution in [0, 0.1) is 11.3 Å². The third-order valence-corrected chi connectivity index (χ3v) is 3.87. The standard InChI is InChI=1S/C17H17N5O/c18-11-12-5-1-4-8-14(12)21-16(23)15-9-10-19-17(22-15)20-13-6-2-3-7-13/h1,4-5,8-10,13H,2-3,6-7H2,(H,21,23)(H,19,20,22). The molecule has 23 heavy (non-hydrogen) atoms. The fraction of sp³-hybridized carbons (Fsp3) is 0.294. The van der Waals surface area contributed by atoms with E-state index in [9.17, 15) is 4.79 Å². The molecule has 0 saturated heterocycles. The fourth-order valence-corrected chi connectivity index (χ4v) is 2.68. The molecule has 1 aromatic heterocycles. The summed E-state index contributed by atoms with van der Waals surface area (Å²) in [7, 11) is 0. The minimum absolute atomic E-state index is 0.272. The van der Waals surface area contributed by atoms with Crippen LogP contribution in [0.2, 0.25) is 0 Å². The Bertz CT molecular complexity index is 747. The number of hydrogen-bond donors (Lipinski definition) is 2. The average molecular weight is 307 g/mol. The maximum atomic E-state index is 12.3. The van der Waals surface area contributed by atoms with Gasteiger partial charge in [0.1, 0.15) is 11.8 Å². The first kappa shape index (κ1) is 15.0. The number of carbonyl (C=O) groups is 1. The summed E-state index contributed by atoms with van der Waals surface area (Å²) in [5, 5.41) is 15.1. The van der Waals surface area contributed by atoms with E-state index < -0.39 is 0 Å². The van der Waals surface area contributed by atoms with Gasteiger partial charge in [-0.3, -0.25) is 4.79 Å². The molecule has 3 rings (SSSR count). The van der Waals surface area contributed by atoms with Crippen LogP contribution in [0.3, 0.4) is 0 Å². The second kappa shape index (κ2) is 6.88. The number of nitrogens with zero attached hydrogens (tertiary/aromatic N) is 3. The van der Waals surface area contributed by atoms with Crippen LogP contribution in [-0.2, 0) is 0 Å². The summed E-state index contributed by atoms with van der Waals surface area (Å²) in [4.78, 5) is 20.8. The van der Waals surface area contributed by atoms with Crippen LogP contribution in [-0.4, -0.2) is 21.9 Å². The van der Waals surface area contributed by atoms with E-state index in [0.29, 0.717) is 23.2 Å². The molecular formula is C17H17N5O. The van der Waals surface area contributed by atoms with Gasteiger partial charge in [0.15, 0.2) is 0 Å². The van der Waals surface area contributed by atoms with Crippen molar-refractivity contribution in [2.24, 2.45) is 0 Å². The lowest BCUT2D eigenvalue weighted by Crippen LogP contribution is -2.19. The van der Waals surface area contributed by atoms with Gasteiger partial charge in [0.25, 0.3) is 5.91 Å². The minimum Gasteiger partial charge on any atom is -0.351 e. The Morgan fingerprint density at radius 1 is 1.22 bits per heavy atom. The van der Waals surface area contributed by atoms with E-state index in [0.717, 1.165) is 12.8 Å². The van der Waals surface area contributed by atoms with Crippen molar-refractivity contribution < 1.29 is 4.79 Å². The molecule has 1 fully saturated rings. The maximum Gasteiger partial charge on any atom is 0.274 e. The molecule has 6 nitrogen and oxygen atoms in total. The molecule has 2 aromatic rings. The van der Waals surface area contributed by atoms with Gasteiger partial charge >= 0.3 is 0 Å². The lowest BCUT2D eigenvalue weighted by Gasteiger charge is -2.12. The van der Waals surface area contributed by atoms with E-state index >= 15 is 0 Å². The predicted octanol–water partition coefficient (Wildman–Crippen LogP) is 2.96. The van der Waals surface area contributed by atoms with Gasteiger partial charge in [-0.15, -0.1) is 0 Å². The Morgan fingerprint density at radius 2 is 2.00 bits per heavy atom. The van der Waals surface area contributed by atoms with Gasteiger partial charge in [-0.25, -0.2) is 9.97 Å². The SMILES string of the molecule is N#Cc1ccccc1NC(=O)c1ccnc(NC2CCCC2)n1. The highest BCUT2D eigenvalue weighted by atomic mass is 16.1. The summed E-state index contributed by atoms with van der Waals surface area (Å²) in [6.45, 7) is 0. The van der Waals surface area contributed by atoms with Gasteiger partial charge in [-0.1, -0.05) is 25.0 Å². The van der Waals surface area contributed by atoms with Crippen molar-refractivity contribution in [1.29, 1.82) is 5.26 Å². The van der Waals surface area contributed by atoms with Crippen molar-refractivity contribution in [3.05, 3.63) is 47.8 Å². The summed E-state index contributed by atoms with van der Waals surface area (Å²) in [5.41, 5.74) is 1.16. The van der Waals surface area contributed by atoms with Crippen LogP contribution in [0.25, 0.3) is 0 Å². The van der Waals surface area contributed by atoms with Crippen molar-refractivity contribution in [2.75, 3.05) is 10.6 Å². The Kier molecular flexibility index (Phi) is 4.48. The number of nitrogens with one attached hydrogen (secondary N) is 2. The molecule has 2 N–H and O–H groups in total. The molecule has 0 unspecified atom stereocenters. The second-order valence-corrected chi connectivity index (χ2v) is 5.50. The van der Waals surface area contributed by atoms with Gasteiger partial charge in [0.05, 0.1) is 11.3 Å². The summed E-state index contributed by atoms with van der Waals surface area (Å²) in [6, 6.07) is 10.9. The fourth-order valence-electron chi connectivity index (χ4n) is 2.68. The molecule has 0 radical (unpaired) electrons. The summed E-state index contributed by atoms with van der Waals surface area (Å²) in [6.07, 6.45) is 6.20. The number of hydrogen-bond acceptors (Lipinski definition) is 5. The third-order valence-electron chi connectivity index (χ3n) is 3.87. The molecule has 116 valence electrons. The first-order valence-electron chi connectivity index (χ1n) is 7.66. The van der Waals surface area contributed by atoms with E-state index in [4.69, 9.17) is 5.26 Å². The molecule has 1 heterocycles. The van der Waals surface area contributed by atoms with Crippen molar-refractivity contribution in [3.63, 3.8) is 0 Å². The minimum atomic E-state index is -0.357. The molecule has 1 aromatic carbocycles. The van der Waals surface area contributed by atoms with Crippen molar-refractivity contribution in [1.82, 2.24) is 9.97 Å². The summed E-state index contributed by atoms with van der Waals surface area (Å²) in [5.74, 6) is 0.114. The Morgan fingerprint density at radius 3 is 2.78 bits per heavy atom. The van der Waals surface area contributed by atoms with Gasteiger partial charge in [0, 0.05) is 12.2 Å². The van der Waals surface area contributed by atoms with Gasteiger partial charge in [-0.2, -0.15) is 5.26 Å². The number of aromatic nitrogens is 2. The number of carbonyl (C=O) groups excluding carboxylic acids is 1. The zero-order chi connectivity index (χ0) is 16.1. The van der Waals surface area contributed by atoms with Crippen molar-refractivity contribution >= 4 is 17.5 Å². The van der Waals surface area contributed by atoms with Crippen LogP contribution < -0.4 is 10.6 Å². The molecule has 0 spiro atoms. The smallest absolute Gasteiger partial charge is 0.274 e. The van der Waals surface area contributed by atoms with Gasteiger partial charge < -0.3 is 10.6 Å². The number of nitriles is 1. The highest BCUT2D eigenvalue weighted by Gasteiger charge is 2.17. The summed E-state index contributed by atoms with van der Waals surface area (Å²) >= 11 is 0. The number of benzene rings is 1. The number of amides is 1. The van der Waals surface area contributed by atoms with E-state index in [2.05, 4.69) is 26.7 Å². The van der Waals surface area contributed by atoms with E-state index in [1.165, 1.54) is 12.8 Å². The van der Waals surface area contributed by atoms with Gasteiger partial charge in [-0.05, 0) is 31.0 Å². The number of rotatable bonds is 4. The predicted molar refractivity (Wildman–Crippen MR) is 87.0 cm³/mol. The first-order chi connectivity index (χ1) is 11.3. The number of anilines is 2. The quantitative estimate of drug-likeness (QED) is 0.906. The molecule has 1 saturated carbocycles. The maximum absolute atomic E-state index is 12.3. The van der Waals surface area contributed by atoms with Crippen LogP contribution in [0.4, 0.5) is 11.6 Å². The van der Waals surface area contributed by atoms with Crippen molar-refractivity contribution in [3.8, 4) is 6.07 Å². The lowest BCUT2D eigenvalue weighted by molar-refractivity contribution is 0.102. The van der Waals surface area contributed by atoms with Crippen LogP contribution in [0.15, 0.2) is 36.5 Å². The lowest BCUT2D eigenvalue weighted by atomic mass is 10.2. The van der Waals surface area contributed by atoms with E-state index in [1.807, 2.05) is 0 Å². The molecule has 0 atom stereocenters. The zero-order valence-electron chi connectivity index (χ0n) is 12.6. The monoisotopic (exact) mass is 307 g/mol. The highest BCUT2D eigenvalue weighted by molar-refractivity contribution is 6.03. The molecule has 0 aliphatic heterocycles. The van der Waals surface area contributed by atoms with Gasteiger partial charge in [0.2, 0.25) is 5.95 Å². The number of para-hydroxylation sites is 1. The second-order valence-electron chi connectivity index (χ2n) is 5.50. The Balaban J connectivity index is 1.73. The largest absolute Gasteiger partial charge is 0.351 e. The average Bonchev–Trinajstić information content (AvgIpc) is 3.08. The molecule has 1 aliphatic carbocycles. The van der Waals surface area contributed by atoms with E-state index in [-0.39, 0.29) is 11.6 Å². The summed E-state index contributed by atoms with van der Waals surface area (Å²) < 4.78 is 0. The zero-order valence-corrected chi connectivity index (χ0v) is 12.6. The van der Waals surface area contributed by atoms with Crippen molar-refractivity contribution in [2.45, 2.75) is 31.7 Å². The van der Waals surface area contributed by atoms with Crippen LogP contribution in [0.5, 0.6) is 0 Å². The highest BCUT2D eigenvalue weighted by Crippen LogP contribution is 2.21. The Labute approximate surface area is 134 Å². The Hall–Kier alpha value is -2.94. The molecule has 0 bridgehead atoms. The molecule has 1 amide bonds. The third kappa shape index (κ3) is 3.64. The molecular weight excluding hydrogens is 290 g/mol. The van der Waals surface area contributed by atoms with Crippen LogP contribution in [0.1, 0.15) is 41.7 Å². The first-order valence-corrected chi connectivity index (χ1v) is 7.66. The molecule has 6 heteroatoms. The molecule has 1 aliphatic rings. The van der Waals surface area contributed by atoms with Crippen LogP contribution >= 0.6 is 0 Å².